The summed E-state index contributed by atoms with van der Waals surface area (Å²) in [6, 6.07) is 1.07. The largest absolute Gasteiger partial charge is 0.480 e. The van der Waals surface area contributed by atoms with Gasteiger partial charge in [-0.25, -0.2) is 9.48 Å². The van der Waals surface area contributed by atoms with Crippen LogP contribution < -0.4 is 16.4 Å². The van der Waals surface area contributed by atoms with Crippen LogP contribution in [0.5, 0.6) is 0 Å². The molecule has 0 saturated carbocycles. The van der Waals surface area contributed by atoms with Crippen LogP contribution in [0, 0.1) is 5.92 Å². The molecular weight excluding hydrogens is 266 g/mol. The molecular formula is C12H17N3O5. The maximum absolute atomic E-state index is 11.7. The molecule has 8 nitrogen and oxygen atoms in total. The zero-order valence-corrected chi connectivity index (χ0v) is 11.3. The van der Waals surface area contributed by atoms with E-state index < -0.39 is 35.6 Å². The Morgan fingerprint density at radius 1 is 1.35 bits per heavy atom. The Bertz CT molecular complexity index is 602. The summed E-state index contributed by atoms with van der Waals surface area (Å²) in [6.45, 7) is 3.24. The summed E-state index contributed by atoms with van der Waals surface area (Å²) >= 11 is 0. The van der Waals surface area contributed by atoms with Gasteiger partial charge in [0.2, 0.25) is 5.91 Å². The van der Waals surface area contributed by atoms with E-state index in [0.717, 1.165) is 16.8 Å². The van der Waals surface area contributed by atoms with Gasteiger partial charge in [-0.05, 0) is 12.3 Å². The molecule has 0 aliphatic heterocycles. The third-order valence-corrected chi connectivity index (χ3v) is 2.53. The molecule has 1 unspecified atom stereocenters. The van der Waals surface area contributed by atoms with Crippen LogP contribution in [0.1, 0.15) is 20.3 Å². The number of nitrogens with zero attached hydrogens (tertiary/aromatic N) is 1. The fraction of sp³-hybridized carbons (Fsp3) is 0.500. The van der Waals surface area contributed by atoms with Gasteiger partial charge in [-0.1, -0.05) is 13.8 Å². The molecule has 110 valence electrons. The van der Waals surface area contributed by atoms with E-state index in [9.17, 15) is 19.2 Å². The van der Waals surface area contributed by atoms with Crippen LogP contribution >= 0.6 is 0 Å². The summed E-state index contributed by atoms with van der Waals surface area (Å²) in [6.07, 6.45) is 0.279. The fourth-order valence-corrected chi connectivity index (χ4v) is 1.66. The van der Waals surface area contributed by atoms with E-state index >= 15 is 0 Å². The Hall–Kier alpha value is -2.38. The molecule has 1 atom stereocenters. The summed E-state index contributed by atoms with van der Waals surface area (Å²) < 4.78 is 0.825. The summed E-state index contributed by atoms with van der Waals surface area (Å²) in [5.41, 5.74) is -1.06. The number of rotatable bonds is 6. The smallest absolute Gasteiger partial charge is 0.326 e. The van der Waals surface area contributed by atoms with Crippen molar-refractivity contribution in [2.24, 2.45) is 5.92 Å². The van der Waals surface area contributed by atoms with Gasteiger partial charge in [0, 0.05) is 12.1 Å². The van der Waals surface area contributed by atoms with E-state index in [1.54, 1.807) is 0 Å². The number of nitrogens with one attached hydrogen (secondary N) is 2. The van der Waals surface area contributed by atoms with Gasteiger partial charge in [0.1, 0.15) is 12.6 Å². The minimum absolute atomic E-state index is 0.0932. The Kier molecular flexibility index (Phi) is 5.24. The molecule has 0 aliphatic rings. The van der Waals surface area contributed by atoms with Gasteiger partial charge < -0.3 is 10.4 Å². The van der Waals surface area contributed by atoms with Crippen molar-refractivity contribution in [1.29, 1.82) is 0 Å². The predicted molar refractivity (Wildman–Crippen MR) is 70.3 cm³/mol. The fourth-order valence-electron chi connectivity index (χ4n) is 1.66. The van der Waals surface area contributed by atoms with Crippen LogP contribution in [-0.2, 0) is 16.1 Å². The number of aromatic amines is 1. The average molecular weight is 283 g/mol. The van der Waals surface area contributed by atoms with Crippen molar-refractivity contribution < 1.29 is 14.7 Å². The number of carboxylic acids is 1. The zero-order valence-electron chi connectivity index (χ0n) is 11.3. The standard InChI is InChI=1S/C12H17N3O5/c1-7(2)5-8(12(19)20)13-10(17)6-15-11(18)4-3-9(16)14-15/h3-4,7-8H,5-6H2,1-2H3,(H,13,17)(H,14,16)(H,19,20). The van der Waals surface area contributed by atoms with Crippen LogP contribution in [0.4, 0.5) is 0 Å². The van der Waals surface area contributed by atoms with E-state index in [4.69, 9.17) is 5.11 Å². The highest BCUT2D eigenvalue weighted by molar-refractivity contribution is 5.83. The van der Waals surface area contributed by atoms with Crippen molar-refractivity contribution in [3.63, 3.8) is 0 Å². The molecule has 0 spiro atoms. The summed E-state index contributed by atoms with van der Waals surface area (Å²) in [5, 5.41) is 13.5. The molecule has 1 rings (SSSR count). The molecule has 20 heavy (non-hydrogen) atoms. The van der Waals surface area contributed by atoms with Crippen molar-refractivity contribution in [1.82, 2.24) is 15.1 Å². The van der Waals surface area contributed by atoms with Crippen LogP contribution in [0.3, 0.4) is 0 Å². The number of amides is 1. The number of carbonyl (C=O) groups is 2. The normalized spacial score (nSPS) is 12.2. The first-order valence-corrected chi connectivity index (χ1v) is 6.12. The number of carboxylic acid groups (broad SMARTS) is 1. The van der Waals surface area contributed by atoms with Gasteiger partial charge in [-0.3, -0.25) is 19.5 Å². The van der Waals surface area contributed by atoms with Gasteiger partial charge in [0.25, 0.3) is 11.1 Å². The van der Waals surface area contributed by atoms with Gasteiger partial charge in [-0.15, -0.1) is 0 Å². The lowest BCUT2D eigenvalue weighted by Gasteiger charge is -2.16. The number of hydrogen-bond donors (Lipinski definition) is 3. The SMILES string of the molecule is CC(C)CC(NC(=O)Cn1[nH]c(=O)ccc1=O)C(=O)O. The number of aromatic nitrogens is 2. The average Bonchev–Trinajstić information content (AvgIpc) is 2.32. The van der Waals surface area contributed by atoms with Gasteiger partial charge in [-0.2, -0.15) is 0 Å². The lowest BCUT2D eigenvalue weighted by atomic mass is 10.0. The van der Waals surface area contributed by atoms with E-state index in [1.165, 1.54) is 0 Å². The van der Waals surface area contributed by atoms with Gasteiger partial charge in [0.05, 0.1) is 0 Å². The Labute approximate surface area is 114 Å². The molecule has 0 saturated heterocycles. The highest BCUT2D eigenvalue weighted by Gasteiger charge is 2.21. The Morgan fingerprint density at radius 2 is 2.00 bits per heavy atom. The molecule has 8 heteroatoms. The topological polar surface area (TPSA) is 121 Å². The minimum Gasteiger partial charge on any atom is -0.480 e. The number of hydrogen-bond acceptors (Lipinski definition) is 4. The van der Waals surface area contributed by atoms with Crippen LogP contribution in [0.25, 0.3) is 0 Å². The van der Waals surface area contributed by atoms with Gasteiger partial charge >= 0.3 is 5.97 Å². The molecule has 0 bridgehead atoms. The number of aliphatic carboxylic acids is 1. The van der Waals surface area contributed by atoms with Crippen molar-refractivity contribution in [3.8, 4) is 0 Å². The number of H-pyrrole nitrogens is 1. The maximum atomic E-state index is 11.7. The van der Waals surface area contributed by atoms with Crippen LogP contribution in [-0.4, -0.2) is 32.8 Å². The first-order valence-electron chi connectivity index (χ1n) is 6.12. The highest BCUT2D eigenvalue weighted by atomic mass is 16.4. The van der Waals surface area contributed by atoms with Crippen molar-refractivity contribution in [2.45, 2.75) is 32.9 Å². The maximum Gasteiger partial charge on any atom is 0.326 e. The van der Waals surface area contributed by atoms with Gasteiger partial charge in [0.15, 0.2) is 0 Å². The highest BCUT2D eigenvalue weighted by Crippen LogP contribution is 2.04. The third kappa shape index (κ3) is 4.71. The molecule has 0 radical (unpaired) electrons. The molecule has 0 aromatic carbocycles. The van der Waals surface area contributed by atoms with Crippen LogP contribution in [0.2, 0.25) is 0 Å². The first-order chi connectivity index (χ1) is 9.29. The molecule has 0 fully saturated rings. The lowest BCUT2D eigenvalue weighted by Crippen LogP contribution is -2.44. The second kappa shape index (κ2) is 6.69. The van der Waals surface area contributed by atoms with Crippen molar-refractivity contribution in [3.05, 3.63) is 32.8 Å². The molecule has 1 amide bonds. The molecule has 3 N–H and O–H groups in total. The number of carbonyl (C=O) groups excluding carboxylic acids is 1. The summed E-state index contributed by atoms with van der Waals surface area (Å²) in [7, 11) is 0. The van der Waals surface area contributed by atoms with Crippen LogP contribution in [0.15, 0.2) is 21.7 Å². The van der Waals surface area contributed by atoms with Crippen molar-refractivity contribution in [2.75, 3.05) is 0 Å². The quantitative estimate of drug-likeness (QED) is 0.628. The molecule has 1 aromatic heterocycles. The predicted octanol–water partition coefficient (Wildman–Crippen LogP) is -0.848. The first kappa shape index (κ1) is 15.7. The second-order valence-corrected chi connectivity index (χ2v) is 4.82. The Balaban J connectivity index is 2.75. The third-order valence-electron chi connectivity index (χ3n) is 2.53. The van der Waals surface area contributed by atoms with E-state index in [-0.39, 0.29) is 12.3 Å². The zero-order chi connectivity index (χ0) is 15.3. The molecule has 0 aliphatic carbocycles. The Morgan fingerprint density at radius 3 is 2.55 bits per heavy atom. The van der Waals surface area contributed by atoms with E-state index in [1.807, 2.05) is 13.8 Å². The second-order valence-electron chi connectivity index (χ2n) is 4.82. The minimum atomic E-state index is -1.14. The van der Waals surface area contributed by atoms with E-state index in [2.05, 4.69) is 10.4 Å². The molecule has 1 aromatic rings. The summed E-state index contributed by atoms with van der Waals surface area (Å²) in [4.78, 5) is 45.2. The molecule has 1 heterocycles. The monoisotopic (exact) mass is 283 g/mol. The van der Waals surface area contributed by atoms with E-state index in [0.29, 0.717) is 0 Å². The lowest BCUT2D eigenvalue weighted by molar-refractivity contribution is -0.142. The summed E-state index contributed by atoms with van der Waals surface area (Å²) in [5.74, 6) is -1.70. The van der Waals surface area contributed by atoms with Crippen molar-refractivity contribution >= 4 is 11.9 Å².